The molecule has 0 aromatic heterocycles. The van der Waals surface area contributed by atoms with Crippen LogP contribution in [0.15, 0.2) is 0 Å². The molecule has 0 aromatic rings. The molecule has 1 N–H and O–H groups in total. The number of rotatable bonds is 9. The molecule has 1 atom stereocenters. The highest BCUT2D eigenvalue weighted by Crippen LogP contribution is 2.30. The maximum absolute atomic E-state index is 12.2. The summed E-state index contributed by atoms with van der Waals surface area (Å²) in [5.74, 6) is 1.04. The Kier molecular flexibility index (Phi) is 7.96. The minimum absolute atomic E-state index is 0.112. The van der Waals surface area contributed by atoms with Crippen molar-refractivity contribution in [2.75, 3.05) is 12.4 Å². The Morgan fingerprint density at radius 3 is 2.60 bits per heavy atom. The first-order valence-electron chi connectivity index (χ1n) is 8.04. The molecule has 3 nitrogen and oxygen atoms in total. The fourth-order valence-electron chi connectivity index (χ4n) is 2.89. The second kappa shape index (κ2) is 8.93. The molecular weight excluding hydrogens is 270 g/mol. The van der Waals surface area contributed by atoms with Gasteiger partial charge in [-0.25, -0.2) is 0 Å². The fourth-order valence-corrected chi connectivity index (χ4v) is 4.20. The molecule has 0 aliphatic heterocycles. The monoisotopic (exact) mass is 301 g/mol. The summed E-state index contributed by atoms with van der Waals surface area (Å²) >= 11 is 2.09. The van der Waals surface area contributed by atoms with Crippen LogP contribution in [-0.2, 0) is 9.53 Å². The Hall–Kier alpha value is -0.220. The zero-order chi connectivity index (χ0) is 15.0. The number of carbonyl (C=O) groups is 1. The lowest BCUT2D eigenvalue weighted by molar-refractivity contribution is -0.151. The van der Waals surface area contributed by atoms with Gasteiger partial charge in [0.05, 0.1) is 6.61 Å². The summed E-state index contributed by atoms with van der Waals surface area (Å²) in [5.41, 5.74) is -0.541. The van der Waals surface area contributed by atoms with Crippen LogP contribution in [0, 0.1) is 0 Å². The quantitative estimate of drug-likeness (QED) is 0.520. The van der Waals surface area contributed by atoms with Gasteiger partial charge in [0, 0.05) is 11.3 Å². The van der Waals surface area contributed by atoms with E-state index in [0.29, 0.717) is 6.61 Å². The Balaban J connectivity index is 2.36. The van der Waals surface area contributed by atoms with Crippen molar-refractivity contribution < 1.29 is 9.53 Å². The van der Waals surface area contributed by atoms with Crippen LogP contribution < -0.4 is 5.32 Å². The van der Waals surface area contributed by atoms with Gasteiger partial charge in [-0.2, -0.15) is 11.8 Å². The summed E-state index contributed by atoms with van der Waals surface area (Å²) < 4.78 is 5.23. The predicted molar refractivity (Wildman–Crippen MR) is 87.3 cm³/mol. The van der Waals surface area contributed by atoms with E-state index in [1.54, 1.807) is 0 Å². The van der Waals surface area contributed by atoms with E-state index in [0.717, 1.165) is 23.8 Å². The normalized spacial score (nSPS) is 19.2. The van der Waals surface area contributed by atoms with Crippen LogP contribution in [0.4, 0.5) is 0 Å². The van der Waals surface area contributed by atoms with Gasteiger partial charge in [0.15, 0.2) is 0 Å². The molecule has 1 rings (SSSR count). The Labute approximate surface area is 128 Å². The van der Waals surface area contributed by atoms with Crippen LogP contribution in [0.2, 0.25) is 0 Å². The number of nitrogens with one attached hydrogen (secondary N) is 1. The lowest BCUT2D eigenvalue weighted by atomic mass is 9.95. The standard InChI is InChI=1S/C16H31NO2S/c1-5-19-15(18)16(4,17-13(2)3)11-8-12-20-14-9-6-7-10-14/h13-14,17H,5-12H2,1-4H3. The molecule has 0 heterocycles. The molecule has 1 aliphatic carbocycles. The van der Waals surface area contributed by atoms with Crippen molar-refractivity contribution in [3.05, 3.63) is 0 Å². The topological polar surface area (TPSA) is 38.3 Å². The van der Waals surface area contributed by atoms with E-state index >= 15 is 0 Å². The van der Waals surface area contributed by atoms with Crippen LogP contribution in [-0.4, -0.2) is 35.2 Å². The van der Waals surface area contributed by atoms with Gasteiger partial charge in [0.25, 0.3) is 0 Å². The number of hydrogen-bond acceptors (Lipinski definition) is 4. The third-order valence-electron chi connectivity index (χ3n) is 3.81. The summed E-state index contributed by atoms with van der Waals surface area (Å²) in [6, 6.07) is 0.284. The highest BCUT2D eigenvalue weighted by atomic mass is 32.2. The lowest BCUT2D eigenvalue weighted by Crippen LogP contribution is -2.53. The minimum atomic E-state index is -0.541. The second-order valence-electron chi connectivity index (χ2n) is 6.23. The van der Waals surface area contributed by atoms with Crippen LogP contribution >= 0.6 is 11.8 Å². The van der Waals surface area contributed by atoms with E-state index in [9.17, 15) is 4.79 Å². The van der Waals surface area contributed by atoms with Crippen LogP contribution in [0.25, 0.3) is 0 Å². The fraction of sp³-hybridized carbons (Fsp3) is 0.938. The number of ether oxygens (including phenoxy) is 1. The molecule has 20 heavy (non-hydrogen) atoms. The molecule has 0 radical (unpaired) electrons. The average Bonchev–Trinajstić information content (AvgIpc) is 2.87. The summed E-state index contributed by atoms with van der Waals surface area (Å²) in [5, 5.41) is 4.25. The largest absolute Gasteiger partial charge is 0.465 e. The molecule has 1 saturated carbocycles. The maximum atomic E-state index is 12.2. The Bertz CT molecular complexity index is 290. The summed E-state index contributed by atoms with van der Waals surface area (Å²) in [6.07, 6.45) is 7.47. The molecule has 0 aromatic carbocycles. The third-order valence-corrected chi connectivity index (χ3v) is 5.28. The lowest BCUT2D eigenvalue weighted by Gasteiger charge is -2.30. The minimum Gasteiger partial charge on any atom is -0.465 e. The average molecular weight is 301 g/mol. The number of hydrogen-bond donors (Lipinski definition) is 1. The number of esters is 1. The molecule has 1 aliphatic rings. The summed E-state index contributed by atoms with van der Waals surface area (Å²) in [7, 11) is 0. The van der Waals surface area contributed by atoms with Gasteiger partial charge in [0.2, 0.25) is 0 Å². The molecule has 0 spiro atoms. The van der Waals surface area contributed by atoms with Gasteiger partial charge in [0.1, 0.15) is 5.54 Å². The zero-order valence-electron chi connectivity index (χ0n) is 13.5. The SMILES string of the molecule is CCOC(=O)C(C)(CCCSC1CCCC1)NC(C)C. The van der Waals surface area contributed by atoms with Gasteiger partial charge in [-0.15, -0.1) is 0 Å². The van der Waals surface area contributed by atoms with Crippen LogP contribution in [0.5, 0.6) is 0 Å². The van der Waals surface area contributed by atoms with E-state index in [-0.39, 0.29) is 12.0 Å². The second-order valence-corrected chi connectivity index (χ2v) is 7.64. The Morgan fingerprint density at radius 1 is 1.40 bits per heavy atom. The van der Waals surface area contributed by atoms with Gasteiger partial charge in [-0.05, 0) is 59.1 Å². The van der Waals surface area contributed by atoms with Gasteiger partial charge in [-0.3, -0.25) is 10.1 Å². The molecule has 0 amide bonds. The highest BCUT2D eigenvalue weighted by molar-refractivity contribution is 7.99. The molecular formula is C16H31NO2S. The first kappa shape index (κ1) is 17.8. The molecule has 4 heteroatoms. The first-order valence-corrected chi connectivity index (χ1v) is 9.09. The van der Waals surface area contributed by atoms with Crippen molar-refractivity contribution >= 4 is 17.7 Å². The van der Waals surface area contributed by atoms with Gasteiger partial charge < -0.3 is 4.74 Å². The van der Waals surface area contributed by atoms with E-state index < -0.39 is 5.54 Å². The van der Waals surface area contributed by atoms with E-state index in [1.165, 1.54) is 25.7 Å². The number of thioether (sulfide) groups is 1. The van der Waals surface area contributed by atoms with Crippen LogP contribution in [0.1, 0.15) is 66.2 Å². The smallest absolute Gasteiger partial charge is 0.326 e. The van der Waals surface area contributed by atoms with E-state index in [2.05, 4.69) is 30.9 Å². The first-order chi connectivity index (χ1) is 9.48. The summed E-state index contributed by atoms with van der Waals surface area (Å²) in [6.45, 7) is 8.44. The van der Waals surface area contributed by atoms with Gasteiger partial charge in [-0.1, -0.05) is 12.8 Å². The van der Waals surface area contributed by atoms with Crippen molar-refractivity contribution in [2.45, 2.75) is 83.1 Å². The van der Waals surface area contributed by atoms with Crippen molar-refractivity contribution in [3.63, 3.8) is 0 Å². The number of carbonyl (C=O) groups excluding carboxylic acids is 1. The molecule has 0 bridgehead atoms. The van der Waals surface area contributed by atoms with Crippen molar-refractivity contribution in [3.8, 4) is 0 Å². The Morgan fingerprint density at radius 2 is 2.05 bits per heavy atom. The molecule has 1 fully saturated rings. The van der Waals surface area contributed by atoms with Crippen molar-refractivity contribution in [1.29, 1.82) is 0 Å². The van der Waals surface area contributed by atoms with Crippen molar-refractivity contribution in [2.24, 2.45) is 0 Å². The predicted octanol–water partition coefficient (Wildman–Crippen LogP) is 3.76. The van der Waals surface area contributed by atoms with E-state index in [1.807, 2.05) is 13.8 Å². The van der Waals surface area contributed by atoms with E-state index in [4.69, 9.17) is 4.74 Å². The van der Waals surface area contributed by atoms with Crippen molar-refractivity contribution in [1.82, 2.24) is 5.32 Å². The van der Waals surface area contributed by atoms with Gasteiger partial charge >= 0.3 is 5.97 Å². The van der Waals surface area contributed by atoms with Crippen LogP contribution in [0.3, 0.4) is 0 Å². The maximum Gasteiger partial charge on any atom is 0.326 e. The summed E-state index contributed by atoms with van der Waals surface area (Å²) in [4.78, 5) is 12.2. The highest BCUT2D eigenvalue weighted by Gasteiger charge is 2.34. The third kappa shape index (κ3) is 6.04. The zero-order valence-corrected chi connectivity index (χ0v) is 14.4. The molecule has 1 unspecified atom stereocenters. The molecule has 0 saturated heterocycles. The molecule has 118 valence electrons.